The zero-order valence-electron chi connectivity index (χ0n) is 15.6. The first-order chi connectivity index (χ1) is 13.4. The number of hydrogen-bond donors (Lipinski definition) is 2. The number of benzene rings is 3. The molecule has 0 heterocycles. The van der Waals surface area contributed by atoms with Crippen molar-refractivity contribution in [2.45, 2.75) is 12.5 Å². The van der Waals surface area contributed by atoms with Crippen molar-refractivity contribution in [2.24, 2.45) is 0 Å². The van der Waals surface area contributed by atoms with Gasteiger partial charge < -0.3 is 14.9 Å². The highest BCUT2D eigenvalue weighted by molar-refractivity contribution is 6.19. The molecule has 0 fully saturated rings. The van der Waals surface area contributed by atoms with Crippen LogP contribution in [0.5, 0.6) is 0 Å². The largest absolute Gasteiger partial charge is 0.503 e. The van der Waals surface area contributed by atoms with Crippen LogP contribution in [0.4, 0.5) is 0 Å². The van der Waals surface area contributed by atoms with E-state index in [1.165, 1.54) is 13.4 Å². The molecule has 3 aromatic carbocycles. The molecular weight excluding hydrogens is 352 g/mol. The van der Waals surface area contributed by atoms with Crippen LogP contribution in [0, 0.1) is 11.8 Å². The highest BCUT2D eigenvalue weighted by atomic mass is 16.5. The van der Waals surface area contributed by atoms with Crippen molar-refractivity contribution in [3.8, 4) is 11.8 Å². The molecule has 3 aromatic rings. The minimum atomic E-state index is -1.29. The van der Waals surface area contributed by atoms with Crippen molar-refractivity contribution < 1.29 is 19.7 Å². The van der Waals surface area contributed by atoms with Crippen LogP contribution in [-0.4, -0.2) is 23.3 Å². The second-order valence-corrected chi connectivity index (χ2v) is 6.50. The van der Waals surface area contributed by atoms with Gasteiger partial charge >= 0.3 is 5.97 Å². The van der Waals surface area contributed by atoms with Gasteiger partial charge in [-0.2, -0.15) is 0 Å². The molecule has 140 valence electrons. The standard InChI is InChI=1S/C24H20O4/c1-24(27,19-8-4-3-5-9-19)14-13-17-11-12-18-7-6-10-20(21(18)15-17)22(16-28-2)23(25)26/h3-12,15-16,27H,1-2H3,(H,25,26). The molecule has 0 saturated carbocycles. The molecule has 0 aliphatic carbocycles. The SMILES string of the molecule is COC=C(C(=O)O)c1cccc2ccc(C#CC(C)(O)c3ccccc3)cc12. The lowest BCUT2D eigenvalue weighted by molar-refractivity contribution is -0.130. The van der Waals surface area contributed by atoms with E-state index >= 15 is 0 Å². The zero-order chi connectivity index (χ0) is 20.1. The van der Waals surface area contributed by atoms with E-state index in [1.54, 1.807) is 19.1 Å². The van der Waals surface area contributed by atoms with Gasteiger partial charge in [0.1, 0.15) is 11.2 Å². The summed E-state index contributed by atoms with van der Waals surface area (Å²) in [6, 6.07) is 20.2. The summed E-state index contributed by atoms with van der Waals surface area (Å²) in [5.74, 6) is 4.84. The molecule has 0 amide bonds. The number of hydrogen-bond acceptors (Lipinski definition) is 3. The van der Waals surface area contributed by atoms with E-state index in [-0.39, 0.29) is 5.57 Å². The normalized spacial score (nSPS) is 13.3. The Balaban J connectivity index is 2.07. The number of ether oxygens (including phenoxy) is 1. The monoisotopic (exact) mass is 372 g/mol. The van der Waals surface area contributed by atoms with Crippen LogP contribution in [0.1, 0.15) is 23.6 Å². The van der Waals surface area contributed by atoms with Gasteiger partial charge in [-0.3, -0.25) is 0 Å². The lowest BCUT2D eigenvalue weighted by atomic mass is 9.95. The molecule has 0 aliphatic heterocycles. The van der Waals surface area contributed by atoms with Crippen molar-refractivity contribution in [3.05, 3.63) is 89.7 Å². The topological polar surface area (TPSA) is 66.8 Å². The Labute approximate surface area is 163 Å². The van der Waals surface area contributed by atoms with E-state index in [2.05, 4.69) is 11.8 Å². The van der Waals surface area contributed by atoms with Gasteiger partial charge in [-0.05, 0) is 41.0 Å². The fraction of sp³-hybridized carbons (Fsp3) is 0.125. The summed E-state index contributed by atoms with van der Waals surface area (Å²) < 4.78 is 4.94. The van der Waals surface area contributed by atoms with Crippen LogP contribution in [0.25, 0.3) is 16.3 Å². The first-order valence-corrected chi connectivity index (χ1v) is 8.73. The van der Waals surface area contributed by atoms with Crippen molar-refractivity contribution in [1.29, 1.82) is 0 Å². The summed E-state index contributed by atoms with van der Waals surface area (Å²) in [5, 5.41) is 21.8. The third-order valence-electron chi connectivity index (χ3n) is 4.42. The van der Waals surface area contributed by atoms with Crippen LogP contribution in [0.3, 0.4) is 0 Å². The zero-order valence-corrected chi connectivity index (χ0v) is 15.6. The molecule has 1 atom stereocenters. The highest BCUT2D eigenvalue weighted by Crippen LogP contribution is 2.27. The van der Waals surface area contributed by atoms with Gasteiger partial charge in [0, 0.05) is 5.56 Å². The Morgan fingerprint density at radius 3 is 2.50 bits per heavy atom. The lowest BCUT2D eigenvalue weighted by Gasteiger charge is -2.16. The molecule has 0 aromatic heterocycles. The Bertz CT molecular complexity index is 1100. The number of carboxylic acid groups (broad SMARTS) is 1. The first-order valence-electron chi connectivity index (χ1n) is 8.73. The minimum Gasteiger partial charge on any atom is -0.503 e. The molecule has 28 heavy (non-hydrogen) atoms. The third-order valence-corrected chi connectivity index (χ3v) is 4.42. The van der Waals surface area contributed by atoms with E-state index in [4.69, 9.17) is 4.74 Å². The van der Waals surface area contributed by atoms with E-state index in [1.807, 2.05) is 54.6 Å². The van der Waals surface area contributed by atoms with Gasteiger partial charge in [-0.1, -0.05) is 66.4 Å². The van der Waals surface area contributed by atoms with Crippen LogP contribution in [-0.2, 0) is 15.1 Å². The van der Waals surface area contributed by atoms with Gasteiger partial charge in [0.2, 0.25) is 0 Å². The third kappa shape index (κ3) is 4.06. The Morgan fingerprint density at radius 1 is 1.07 bits per heavy atom. The Kier molecular flexibility index (Phi) is 5.49. The molecule has 4 nitrogen and oxygen atoms in total. The van der Waals surface area contributed by atoms with E-state index in [0.717, 1.165) is 10.8 Å². The predicted molar refractivity (Wildman–Crippen MR) is 109 cm³/mol. The maximum atomic E-state index is 11.6. The molecule has 2 N–H and O–H groups in total. The molecule has 4 heteroatoms. The Hall–Kier alpha value is -3.55. The number of carboxylic acids is 1. The molecule has 0 aliphatic rings. The number of rotatable bonds is 4. The average Bonchev–Trinajstić information content (AvgIpc) is 2.70. The predicted octanol–water partition coefficient (Wildman–Crippen LogP) is 4.17. The molecule has 1 unspecified atom stereocenters. The summed E-state index contributed by atoms with van der Waals surface area (Å²) in [6.45, 7) is 1.64. The number of fused-ring (bicyclic) bond motifs is 1. The lowest BCUT2D eigenvalue weighted by Crippen LogP contribution is -2.18. The van der Waals surface area contributed by atoms with E-state index in [9.17, 15) is 15.0 Å². The Morgan fingerprint density at radius 2 is 1.82 bits per heavy atom. The van der Waals surface area contributed by atoms with Crippen LogP contribution >= 0.6 is 0 Å². The number of aliphatic carboxylic acids is 1. The van der Waals surface area contributed by atoms with Crippen molar-refractivity contribution in [2.75, 3.05) is 7.11 Å². The first kappa shape index (κ1) is 19.2. The van der Waals surface area contributed by atoms with Gasteiger partial charge in [0.25, 0.3) is 0 Å². The minimum absolute atomic E-state index is 0.0643. The summed E-state index contributed by atoms with van der Waals surface area (Å²) >= 11 is 0. The van der Waals surface area contributed by atoms with Crippen LogP contribution < -0.4 is 0 Å². The number of aliphatic hydroxyl groups is 1. The van der Waals surface area contributed by atoms with Gasteiger partial charge in [-0.15, -0.1) is 0 Å². The van der Waals surface area contributed by atoms with Crippen molar-refractivity contribution in [1.82, 2.24) is 0 Å². The quantitative estimate of drug-likeness (QED) is 0.410. The van der Waals surface area contributed by atoms with Gasteiger partial charge in [0.05, 0.1) is 13.4 Å². The van der Waals surface area contributed by atoms with E-state index < -0.39 is 11.6 Å². The van der Waals surface area contributed by atoms with Crippen LogP contribution in [0.15, 0.2) is 73.0 Å². The van der Waals surface area contributed by atoms with E-state index in [0.29, 0.717) is 16.7 Å². The molecule has 0 bridgehead atoms. The average molecular weight is 372 g/mol. The molecule has 3 rings (SSSR count). The second kappa shape index (κ2) is 7.99. The van der Waals surface area contributed by atoms with Crippen molar-refractivity contribution >= 4 is 22.3 Å². The maximum Gasteiger partial charge on any atom is 0.339 e. The van der Waals surface area contributed by atoms with Crippen LogP contribution in [0.2, 0.25) is 0 Å². The maximum absolute atomic E-state index is 11.6. The number of carbonyl (C=O) groups is 1. The summed E-state index contributed by atoms with van der Waals surface area (Å²) in [6.07, 6.45) is 1.22. The van der Waals surface area contributed by atoms with Gasteiger partial charge in [-0.25, -0.2) is 4.79 Å². The number of methoxy groups -OCH3 is 1. The second-order valence-electron chi connectivity index (χ2n) is 6.50. The van der Waals surface area contributed by atoms with Gasteiger partial charge in [0.15, 0.2) is 0 Å². The van der Waals surface area contributed by atoms with Crippen molar-refractivity contribution in [3.63, 3.8) is 0 Å². The molecule has 0 spiro atoms. The fourth-order valence-electron chi connectivity index (χ4n) is 2.96. The fourth-order valence-corrected chi connectivity index (χ4v) is 2.96. The highest BCUT2D eigenvalue weighted by Gasteiger charge is 2.19. The molecule has 0 radical (unpaired) electrons. The summed E-state index contributed by atoms with van der Waals surface area (Å²) in [4.78, 5) is 11.6. The summed E-state index contributed by atoms with van der Waals surface area (Å²) in [7, 11) is 1.41. The molecular formula is C24H20O4. The molecule has 0 saturated heterocycles. The smallest absolute Gasteiger partial charge is 0.339 e. The summed E-state index contributed by atoms with van der Waals surface area (Å²) in [5.41, 5.74) is 0.705.